The highest BCUT2D eigenvalue weighted by atomic mass is 32.2. The summed E-state index contributed by atoms with van der Waals surface area (Å²) in [5.74, 6) is -1.14. The topological polar surface area (TPSA) is 75.7 Å². The number of nitrogens with zero attached hydrogens (tertiary/aromatic N) is 1. The number of carbonyl (C=O) groups excluding carboxylic acids is 1. The third kappa shape index (κ3) is 4.97. The maximum atomic E-state index is 14.2. The van der Waals surface area contributed by atoms with Crippen molar-refractivity contribution in [2.75, 3.05) is 13.2 Å². The molecule has 1 saturated heterocycles. The van der Waals surface area contributed by atoms with Crippen LogP contribution in [0, 0.1) is 5.82 Å². The molecule has 2 aliphatic rings. The van der Waals surface area contributed by atoms with Crippen molar-refractivity contribution in [1.82, 2.24) is 9.62 Å². The molecule has 0 bridgehead atoms. The number of fused-ring (bicyclic) bond motifs is 1. The number of morpholine rings is 1. The van der Waals surface area contributed by atoms with Crippen LogP contribution >= 0.6 is 0 Å². The number of amides is 1. The summed E-state index contributed by atoms with van der Waals surface area (Å²) in [5.41, 5.74) is 0.825. The zero-order valence-corrected chi connectivity index (χ0v) is 18.1. The average molecular weight is 447 g/mol. The fraction of sp³-hybridized carbons (Fsp3) is 0.435. The number of hydrogen-bond donors (Lipinski definition) is 1. The Labute approximate surface area is 182 Å². The van der Waals surface area contributed by atoms with Gasteiger partial charge < -0.3 is 9.64 Å². The van der Waals surface area contributed by atoms with Gasteiger partial charge in [0.25, 0.3) is 0 Å². The van der Waals surface area contributed by atoms with Crippen molar-refractivity contribution in [3.05, 3.63) is 66.0 Å². The molecule has 8 heteroatoms. The first-order valence-corrected chi connectivity index (χ1v) is 12.2. The second-order valence-electron chi connectivity index (χ2n) is 8.09. The van der Waals surface area contributed by atoms with E-state index in [1.165, 1.54) is 18.2 Å². The van der Waals surface area contributed by atoms with E-state index in [9.17, 15) is 17.6 Å². The SMILES string of the molecule is O=C([C@H](Cc1ccccc1)NS(=O)(=O)c1ccccc1F)N1CCOC2CCCCC21. The van der Waals surface area contributed by atoms with Crippen LogP contribution in [0.15, 0.2) is 59.5 Å². The van der Waals surface area contributed by atoms with Gasteiger partial charge >= 0.3 is 0 Å². The monoisotopic (exact) mass is 446 g/mol. The molecule has 2 fully saturated rings. The van der Waals surface area contributed by atoms with Crippen LogP contribution in [-0.2, 0) is 26.0 Å². The Kier molecular flexibility index (Phi) is 6.69. The number of benzene rings is 2. The molecular weight excluding hydrogens is 419 g/mol. The number of rotatable bonds is 6. The van der Waals surface area contributed by atoms with Gasteiger partial charge in [0.2, 0.25) is 15.9 Å². The van der Waals surface area contributed by atoms with Crippen LogP contribution in [0.25, 0.3) is 0 Å². The highest BCUT2D eigenvalue weighted by Gasteiger charge is 2.40. The summed E-state index contributed by atoms with van der Waals surface area (Å²) in [6.45, 7) is 0.859. The second-order valence-corrected chi connectivity index (χ2v) is 9.77. The van der Waals surface area contributed by atoms with Gasteiger partial charge in [0.15, 0.2) is 0 Å². The van der Waals surface area contributed by atoms with E-state index in [0.29, 0.717) is 13.2 Å². The van der Waals surface area contributed by atoms with Crippen molar-refractivity contribution < 1.29 is 22.3 Å². The number of sulfonamides is 1. The molecule has 1 aliphatic heterocycles. The van der Waals surface area contributed by atoms with E-state index < -0.39 is 26.8 Å². The Hall–Kier alpha value is -2.29. The molecule has 3 atom stereocenters. The van der Waals surface area contributed by atoms with Gasteiger partial charge in [-0.1, -0.05) is 55.3 Å². The minimum absolute atomic E-state index is 0.00741. The van der Waals surface area contributed by atoms with Crippen LogP contribution in [0.4, 0.5) is 4.39 Å². The molecule has 4 rings (SSSR count). The summed E-state index contributed by atoms with van der Waals surface area (Å²) >= 11 is 0. The molecule has 1 heterocycles. The highest BCUT2D eigenvalue weighted by Crippen LogP contribution is 2.29. The lowest BCUT2D eigenvalue weighted by Crippen LogP contribution is -2.59. The van der Waals surface area contributed by atoms with Crippen LogP contribution in [0.2, 0.25) is 0 Å². The van der Waals surface area contributed by atoms with E-state index in [-0.39, 0.29) is 24.5 Å². The first-order valence-electron chi connectivity index (χ1n) is 10.7. The number of carbonyl (C=O) groups is 1. The smallest absolute Gasteiger partial charge is 0.244 e. The van der Waals surface area contributed by atoms with Crippen molar-refractivity contribution in [2.45, 2.75) is 55.2 Å². The standard InChI is InChI=1S/C23H27FN2O4S/c24-18-10-4-7-13-22(18)31(28,29)25-19(16-17-8-2-1-3-9-17)23(27)26-14-15-30-21-12-6-5-11-20(21)26/h1-4,7-10,13,19-21,25H,5-6,11-12,14-16H2/t19-,20?,21?/m0/s1. The normalized spacial score (nSPS) is 22.5. The molecule has 31 heavy (non-hydrogen) atoms. The van der Waals surface area contributed by atoms with Gasteiger partial charge in [0, 0.05) is 6.54 Å². The van der Waals surface area contributed by atoms with Crippen molar-refractivity contribution in [3.8, 4) is 0 Å². The lowest BCUT2D eigenvalue weighted by Gasteiger charge is -2.44. The molecule has 1 amide bonds. The first-order chi connectivity index (χ1) is 15.0. The summed E-state index contributed by atoms with van der Waals surface area (Å²) in [6, 6.07) is 13.3. The predicted octanol–water partition coefficient (Wildman–Crippen LogP) is 2.89. The zero-order chi connectivity index (χ0) is 21.8. The quantitative estimate of drug-likeness (QED) is 0.740. The van der Waals surface area contributed by atoms with E-state index in [1.54, 1.807) is 4.90 Å². The summed E-state index contributed by atoms with van der Waals surface area (Å²) < 4.78 is 48.5. The maximum Gasteiger partial charge on any atom is 0.244 e. The van der Waals surface area contributed by atoms with Crippen LogP contribution in [0.3, 0.4) is 0 Å². The molecule has 0 aromatic heterocycles. The highest BCUT2D eigenvalue weighted by molar-refractivity contribution is 7.89. The van der Waals surface area contributed by atoms with E-state index in [0.717, 1.165) is 37.3 Å². The van der Waals surface area contributed by atoms with Gasteiger partial charge in [-0.2, -0.15) is 4.72 Å². The Morgan fingerprint density at radius 2 is 1.81 bits per heavy atom. The van der Waals surface area contributed by atoms with Crippen LogP contribution in [-0.4, -0.2) is 50.6 Å². The maximum absolute atomic E-state index is 14.2. The van der Waals surface area contributed by atoms with Gasteiger partial charge in [-0.15, -0.1) is 0 Å². The second kappa shape index (κ2) is 9.46. The lowest BCUT2D eigenvalue weighted by atomic mass is 9.89. The van der Waals surface area contributed by atoms with E-state index >= 15 is 0 Å². The van der Waals surface area contributed by atoms with Crippen molar-refractivity contribution >= 4 is 15.9 Å². The Bertz CT molecular complexity index is 1010. The fourth-order valence-corrected chi connectivity index (χ4v) is 5.78. The third-order valence-corrected chi connectivity index (χ3v) is 7.52. The third-order valence-electron chi connectivity index (χ3n) is 6.02. The Morgan fingerprint density at radius 3 is 2.58 bits per heavy atom. The number of ether oxygens (including phenoxy) is 1. The predicted molar refractivity (Wildman–Crippen MR) is 114 cm³/mol. The molecule has 2 aromatic rings. The molecule has 1 aliphatic carbocycles. The van der Waals surface area contributed by atoms with Gasteiger partial charge in [0.1, 0.15) is 16.8 Å². The molecule has 1 saturated carbocycles. The summed E-state index contributed by atoms with van der Waals surface area (Å²) in [4.78, 5) is 14.9. The Morgan fingerprint density at radius 1 is 1.10 bits per heavy atom. The molecule has 1 N–H and O–H groups in total. The number of nitrogens with one attached hydrogen (secondary N) is 1. The van der Waals surface area contributed by atoms with Crippen molar-refractivity contribution in [1.29, 1.82) is 0 Å². The fourth-order valence-electron chi connectivity index (χ4n) is 4.51. The van der Waals surface area contributed by atoms with E-state index in [2.05, 4.69) is 4.72 Å². The van der Waals surface area contributed by atoms with Gasteiger partial charge in [-0.25, -0.2) is 12.8 Å². The van der Waals surface area contributed by atoms with Crippen molar-refractivity contribution in [2.24, 2.45) is 0 Å². The van der Waals surface area contributed by atoms with Crippen LogP contribution in [0.1, 0.15) is 31.2 Å². The molecule has 0 spiro atoms. The number of halogens is 1. The van der Waals surface area contributed by atoms with Crippen LogP contribution in [0.5, 0.6) is 0 Å². The van der Waals surface area contributed by atoms with Gasteiger partial charge in [-0.3, -0.25) is 4.79 Å². The number of hydrogen-bond acceptors (Lipinski definition) is 4. The van der Waals surface area contributed by atoms with E-state index in [1.807, 2.05) is 30.3 Å². The summed E-state index contributed by atoms with van der Waals surface area (Å²) in [7, 11) is -4.23. The van der Waals surface area contributed by atoms with Gasteiger partial charge in [-0.05, 0) is 37.0 Å². The lowest BCUT2D eigenvalue weighted by molar-refractivity contribution is -0.151. The first kappa shape index (κ1) is 21.9. The van der Waals surface area contributed by atoms with E-state index in [4.69, 9.17) is 4.74 Å². The molecule has 166 valence electrons. The van der Waals surface area contributed by atoms with Gasteiger partial charge in [0.05, 0.1) is 18.8 Å². The minimum atomic E-state index is -4.23. The molecule has 0 radical (unpaired) electrons. The summed E-state index contributed by atoms with van der Waals surface area (Å²) in [5, 5.41) is 0. The molecular formula is C23H27FN2O4S. The largest absolute Gasteiger partial charge is 0.374 e. The summed E-state index contributed by atoms with van der Waals surface area (Å²) in [6.07, 6.45) is 4.00. The van der Waals surface area contributed by atoms with Crippen molar-refractivity contribution in [3.63, 3.8) is 0 Å². The van der Waals surface area contributed by atoms with Crippen LogP contribution < -0.4 is 4.72 Å². The zero-order valence-electron chi connectivity index (χ0n) is 17.2. The average Bonchev–Trinajstić information content (AvgIpc) is 2.78. The molecule has 2 unspecified atom stereocenters. The minimum Gasteiger partial charge on any atom is -0.374 e. The molecule has 6 nitrogen and oxygen atoms in total. The molecule has 2 aromatic carbocycles. The Balaban J connectivity index is 1.62.